The third kappa shape index (κ3) is 0.735. The first-order valence-corrected chi connectivity index (χ1v) is 8.74. The molecule has 0 aromatic rings. The molecule has 0 radical (unpaired) electrons. The van der Waals surface area contributed by atoms with Crippen molar-refractivity contribution in [3.8, 4) is 0 Å². The highest BCUT2D eigenvalue weighted by atomic mass is 15.0. The van der Waals surface area contributed by atoms with E-state index < -0.39 is 0 Å². The highest BCUT2D eigenvalue weighted by Gasteiger charge is 2.94. The van der Waals surface area contributed by atoms with Gasteiger partial charge in [-0.3, -0.25) is 0 Å². The molecule has 7 fully saturated rings. The van der Waals surface area contributed by atoms with Crippen molar-refractivity contribution >= 4 is 0 Å². The summed E-state index contributed by atoms with van der Waals surface area (Å²) in [6.07, 6.45) is 9.80. The average molecular weight is 240 g/mol. The summed E-state index contributed by atoms with van der Waals surface area (Å²) < 4.78 is 0. The average Bonchev–Trinajstić information content (AvgIpc) is 3.12. The largest absolute Gasteiger partial charge is 0.0591 e. The van der Waals surface area contributed by atoms with Crippen molar-refractivity contribution in [2.45, 2.75) is 45.4 Å². The van der Waals surface area contributed by atoms with Gasteiger partial charge < -0.3 is 0 Å². The van der Waals surface area contributed by atoms with Crippen LogP contribution in [-0.4, -0.2) is 0 Å². The van der Waals surface area contributed by atoms with Crippen LogP contribution in [0.3, 0.4) is 0 Å². The summed E-state index contributed by atoms with van der Waals surface area (Å²) >= 11 is 0. The standard InChI is InChI=1S/C18H24/c1-17(7-11(17)10-5-8-4-9(8)6-10)14-12-13(14)16-15(12)18(16)2-3-18/h8-16H,2-7H2,1H3. The maximum Gasteiger partial charge on any atom is -0.0229 e. The first-order valence-electron chi connectivity index (χ1n) is 8.74. The molecular formula is C18H24. The number of hydrogen-bond donors (Lipinski definition) is 0. The van der Waals surface area contributed by atoms with Crippen molar-refractivity contribution in [3.63, 3.8) is 0 Å². The predicted octanol–water partition coefficient (Wildman–Crippen LogP) is 3.96. The molecule has 7 aliphatic rings. The molecule has 0 heterocycles. The van der Waals surface area contributed by atoms with Gasteiger partial charge in [-0.25, -0.2) is 0 Å². The molecule has 0 amide bonds. The molecule has 7 aliphatic carbocycles. The first-order chi connectivity index (χ1) is 8.74. The Labute approximate surface area is 110 Å². The van der Waals surface area contributed by atoms with E-state index in [0.29, 0.717) is 0 Å². The monoisotopic (exact) mass is 240 g/mol. The van der Waals surface area contributed by atoms with Crippen LogP contribution in [0, 0.1) is 64.1 Å². The van der Waals surface area contributed by atoms with E-state index >= 15 is 0 Å². The minimum Gasteiger partial charge on any atom is -0.0591 e. The molecule has 0 saturated heterocycles. The molecule has 0 bridgehead atoms. The quantitative estimate of drug-likeness (QED) is 0.685. The van der Waals surface area contributed by atoms with Gasteiger partial charge in [0.25, 0.3) is 0 Å². The topological polar surface area (TPSA) is 0 Å². The molecule has 8 unspecified atom stereocenters. The van der Waals surface area contributed by atoms with Crippen LogP contribution in [0.1, 0.15) is 45.4 Å². The normalized spacial score (nSPS) is 78.2. The van der Waals surface area contributed by atoms with Gasteiger partial charge in [0.05, 0.1) is 0 Å². The van der Waals surface area contributed by atoms with Crippen LogP contribution in [0.2, 0.25) is 0 Å². The lowest BCUT2D eigenvalue weighted by molar-refractivity contribution is 0.312. The van der Waals surface area contributed by atoms with Gasteiger partial charge in [-0.05, 0) is 103 Å². The number of rotatable bonds is 2. The molecule has 0 aromatic carbocycles. The van der Waals surface area contributed by atoms with Crippen LogP contribution in [0.4, 0.5) is 0 Å². The van der Waals surface area contributed by atoms with Crippen molar-refractivity contribution in [2.75, 3.05) is 0 Å². The van der Waals surface area contributed by atoms with Crippen LogP contribution < -0.4 is 0 Å². The Balaban J connectivity index is 1.12. The predicted molar refractivity (Wildman–Crippen MR) is 69.7 cm³/mol. The van der Waals surface area contributed by atoms with Crippen molar-refractivity contribution in [1.82, 2.24) is 0 Å². The van der Waals surface area contributed by atoms with Crippen molar-refractivity contribution in [3.05, 3.63) is 0 Å². The molecule has 0 heteroatoms. The molecule has 7 saturated carbocycles. The smallest absolute Gasteiger partial charge is 0.0229 e. The van der Waals surface area contributed by atoms with E-state index in [1.165, 1.54) is 53.3 Å². The zero-order valence-electron chi connectivity index (χ0n) is 11.4. The van der Waals surface area contributed by atoms with Gasteiger partial charge in [-0.2, -0.15) is 0 Å². The zero-order chi connectivity index (χ0) is 11.4. The molecule has 0 N–H and O–H groups in total. The summed E-state index contributed by atoms with van der Waals surface area (Å²) in [5.74, 6) is 11.1. The Morgan fingerprint density at radius 1 is 0.778 bits per heavy atom. The second-order valence-corrected chi connectivity index (χ2v) is 9.77. The Bertz CT molecular complexity index is 460. The third-order valence-electron chi connectivity index (χ3n) is 9.35. The Morgan fingerprint density at radius 2 is 1.39 bits per heavy atom. The highest BCUT2D eigenvalue weighted by molar-refractivity contribution is 5.41. The van der Waals surface area contributed by atoms with Gasteiger partial charge >= 0.3 is 0 Å². The maximum atomic E-state index is 2.70. The lowest BCUT2D eigenvalue weighted by atomic mass is 9.88. The molecule has 96 valence electrons. The van der Waals surface area contributed by atoms with Crippen molar-refractivity contribution in [2.24, 2.45) is 64.1 Å². The third-order valence-corrected chi connectivity index (χ3v) is 9.35. The van der Waals surface area contributed by atoms with E-state index in [0.717, 1.165) is 10.8 Å². The molecule has 1 spiro atoms. The molecule has 0 aliphatic heterocycles. The van der Waals surface area contributed by atoms with E-state index in [1.54, 1.807) is 38.5 Å². The molecule has 8 atom stereocenters. The number of fused-ring (bicyclic) bond motifs is 7. The Hall–Kier alpha value is 0. The van der Waals surface area contributed by atoms with E-state index in [4.69, 9.17) is 0 Å². The summed E-state index contributed by atoms with van der Waals surface area (Å²) in [5, 5.41) is 0. The zero-order valence-corrected chi connectivity index (χ0v) is 11.4. The molecule has 0 nitrogen and oxygen atoms in total. The minimum atomic E-state index is 0.861. The van der Waals surface area contributed by atoms with Crippen LogP contribution >= 0.6 is 0 Å². The van der Waals surface area contributed by atoms with Gasteiger partial charge in [0, 0.05) is 0 Å². The molecular weight excluding hydrogens is 216 g/mol. The molecule has 18 heavy (non-hydrogen) atoms. The van der Waals surface area contributed by atoms with Gasteiger partial charge in [-0.1, -0.05) is 6.92 Å². The Morgan fingerprint density at radius 3 is 2.00 bits per heavy atom. The summed E-state index contributed by atoms with van der Waals surface area (Å²) in [4.78, 5) is 0. The lowest BCUT2D eigenvalue weighted by Crippen LogP contribution is -2.11. The van der Waals surface area contributed by atoms with Crippen LogP contribution in [-0.2, 0) is 0 Å². The summed E-state index contributed by atoms with van der Waals surface area (Å²) in [5.41, 5.74) is 1.88. The highest BCUT2D eigenvalue weighted by Crippen LogP contribution is 2.98. The summed E-state index contributed by atoms with van der Waals surface area (Å²) in [7, 11) is 0. The van der Waals surface area contributed by atoms with Gasteiger partial charge in [0.2, 0.25) is 0 Å². The van der Waals surface area contributed by atoms with E-state index in [-0.39, 0.29) is 0 Å². The fraction of sp³-hybridized carbons (Fsp3) is 1.00. The van der Waals surface area contributed by atoms with Crippen molar-refractivity contribution in [1.29, 1.82) is 0 Å². The first kappa shape index (κ1) is 9.03. The Kier molecular flexibility index (Phi) is 1.08. The van der Waals surface area contributed by atoms with Crippen molar-refractivity contribution < 1.29 is 0 Å². The summed E-state index contributed by atoms with van der Waals surface area (Å²) in [6.45, 7) is 2.70. The fourth-order valence-electron chi connectivity index (χ4n) is 8.23. The van der Waals surface area contributed by atoms with E-state index in [9.17, 15) is 0 Å². The van der Waals surface area contributed by atoms with Crippen LogP contribution in [0.25, 0.3) is 0 Å². The second kappa shape index (κ2) is 2.15. The van der Waals surface area contributed by atoms with Gasteiger partial charge in [0.1, 0.15) is 0 Å². The minimum absolute atomic E-state index is 0.861. The lowest BCUT2D eigenvalue weighted by Gasteiger charge is -2.17. The second-order valence-electron chi connectivity index (χ2n) is 9.77. The fourth-order valence-corrected chi connectivity index (χ4v) is 8.23. The number of hydrogen-bond acceptors (Lipinski definition) is 0. The van der Waals surface area contributed by atoms with Crippen LogP contribution in [0.5, 0.6) is 0 Å². The van der Waals surface area contributed by atoms with Gasteiger partial charge in [-0.15, -0.1) is 0 Å². The molecule has 0 aromatic heterocycles. The van der Waals surface area contributed by atoms with Gasteiger partial charge in [0.15, 0.2) is 0 Å². The van der Waals surface area contributed by atoms with E-state index in [1.807, 2.05) is 0 Å². The molecule has 7 rings (SSSR count). The van der Waals surface area contributed by atoms with E-state index in [2.05, 4.69) is 6.92 Å². The maximum absolute atomic E-state index is 2.70. The summed E-state index contributed by atoms with van der Waals surface area (Å²) in [6, 6.07) is 0. The van der Waals surface area contributed by atoms with Crippen LogP contribution in [0.15, 0.2) is 0 Å². The SMILES string of the molecule is CC1(C2C3C2C2C3C23CC3)CC1C1CC2CC2C1.